The maximum Gasteiger partial charge on any atom is 0.256 e. The molecule has 0 saturated carbocycles. The van der Waals surface area contributed by atoms with E-state index in [1.807, 2.05) is 0 Å². The molecule has 2 amide bonds. The molecule has 18 heavy (non-hydrogen) atoms. The SMILES string of the molecule is CNC(=O)CCN(C)C(=O)c1cccc(F)c1F. The minimum absolute atomic E-state index is 0.107. The Kier molecular flexibility index (Phi) is 4.76. The molecule has 1 rings (SSSR count). The Morgan fingerprint density at radius 2 is 2.00 bits per heavy atom. The Balaban J connectivity index is 2.74. The summed E-state index contributed by atoms with van der Waals surface area (Å²) in [5.74, 6) is -3.12. The number of hydrogen-bond acceptors (Lipinski definition) is 2. The molecule has 0 saturated heterocycles. The van der Waals surface area contributed by atoms with E-state index < -0.39 is 17.5 Å². The summed E-state index contributed by atoms with van der Waals surface area (Å²) in [4.78, 5) is 24.0. The normalized spacial score (nSPS) is 10.0. The molecular weight excluding hydrogens is 242 g/mol. The Morgan fingerprint density at radius 3 is 2.61 bits per heavy atom. The Labute approximate surface area is 104 Å². The summed E-state index contributed by atoms with van der Waals surface area (Å²) in [5, 5.41) is 2.41. The maximum atomic E-state index is 13.4. The summed E-state index contributed by atoms with van der Waals surface area (Å²) in [7, 11) is 2.91. The molecule has 0 spiro atoms. The van der Waals surface area contributed by atoms with E-state index in [1.54, 1.807) is 0 Å². The Bertz CT molecular complexity index is 463. The van der Waals surface area contributed by atoms with E-state index in [-0.39, 0.29) is 24.4 Å². The largest absolute Gasteiger partial charge is 0.359 e. The second-order valence-corrected chi connectivity index (χ2v) is 3.75. The van der Waals surface area contributed by atoms with Crippen LogP contribution >= 0.6 is 0 Å². The van der Waals surface area contributed by atoms with Gasteiger partial charge in [0.25, 0.3) is 5.91 Å². The third kappa shape index (κ3) is 3.26. The number of benzene rings is 1. The van der Waals surface area contributed by atoms with Crippen LogP contribution in [0.4, 0.5) is 8.78 Å². The standard InChI is InChI=1S/C12H14F2N2O2/c1-15-10(17)6-7-16(2)12(18)8-4-3-5-9(13)11(8)14/h3-5H,6-7H2,1-2H3,(H,15,17). The molecule has 0 heterocycles. The first-order valence-electron chi connectivity index (χ1n) is 5.37. The quantitative estimate of drug-likeness (QED) is 0.879. The van der Waals surface area contributed by atoms with Crippen molar-refractivity contribution >= 4 is 11.8 Å². The lowest BCUT2D eigenvalue weighted by atomic mass is 10.1. The molecule has 0 radical (unpaired) electrons. The zero-order valence-corrected chi connectivity index (χ0v) is 10.2. The van der Waals surface area contributed by atoms with E-state index in [9.17, 15) is 18.4 Å². The van der Waals surface area contributed by atoms with Crippen molar-refractivity contribution in [1.29, 1.82) is 0 Å². The van der Waals surface area contributed by atoms with Crippen LogP contribution in [0.1, 0.15) is 16.8 Å². The fourth-order valence-corrected chi connectivity index (χ4v) is 1.37. The van der Waals surface area contributed by atoms with Crippen molar-refractivity contribution in [2.24, 2.45) is 0 Å². The molecule has 0 aliphatic carbocycles. The summed E-state index contributed by atoms with van der Waals surface area (Å²) in [6.45, 7) is 0.133. The van der Waals surface area contributed by atoms with E-state index in [0.29, 0.717) is 0 Å². The van der Waals surface area contributed by atoms with Gasteiger partial charge in [-0.2, -0.15) is 0 Å². The first-order valence-corrected chi connectivity index (χ1v) is 5.37. The highest BCUT2D eigenvalue weighted by atomic mass is 19.2. The van der Waals surface area contributed by atoms with Crippen LogP contribution in [0, 0.1) is 11.6 Å². The highest BCUT2D eigenvalue weighted by molar-refractivity contribution is 5.94. The summed E-state index contributed by atoms with van der Waals surface area (Å²) in [6, 6.07) is 3.41. The number of carbonyl (C=O) groups excluding carboxylic acids is 2. The third-order valence-corrected chi connectivity index (χ3v) is 2.48. The van der Waals surface area contributed by atoms with Gasteiger partial charge < -0.3 is 10.2 Å². The smallest absolute Gasteiger partial charge is 0.256 e. The van der Waals surface area contributed by atoms with Gasteiger partial charge in [-0.15, -0.1) is 0 Å². The summed E-state index contributed by atoms with van der Waals surface area (Å²) in [5.41, 5.74) is -0.339. The van der Waals surface area contributed by atoms with Crippen LogP contribution < -0.4 is 5.32 Å². The van der Waals surface area contributed by atoms with Crippen molar-refractivity contribution in [2.75, 3.05) is 20.6 Å². The van der Waals surface area contributed by atoms with Crippen LogP contribution in [0.25, 0.3) is 0 Å². The third-order valence-electron chi connectivity index (χ3n) is 2.48. The molecule has 6 heteroatoms. The van der Waals surface area contributed by atoms with Gasteiger partial charge in [-0.3, -0.25) is 9.59 Å². The second kappa shape index (κ2) is 6.09. The van der Waals surface area contributed by atoms with Crippen molar-refractivity contribution in [3.05, 3.63) is 35.4 Å². The number of hydrogen-bond donors (Lipinski definition) is 1. The van der Waals surface area contributed by atoms with Gasteiger partial charge in [0.05, 0.1) is 5.56 Å². The lowest BCUT2D eigenvalue weighted by molar-refractivity contribution is -0.120. The average Bonchev–Trinajstić information content (AvgIpc) is 2.37. The van der Waals surface area contributed by atoms with Crippen LogP contribution in [0.5, 0.6) is 0 Å². The van der Waals surface area contributed by atoms with Gasteiger partial charge in [-0.1, -0.05) is 6.07 Å². The number of halogens is 2. The Morgan fingerprint density at radius 1 is 1.33 bits per heavy atom. The van der Waals surface area contributed by atoms with Crippen LogP contribution in [-0.2, 0) is 4.79 Å². The van der Waals surface area contributed by atoms with E-state index in [0.717, 1.165) is 6.07 Å². The molecule has 0 fully saturated rings. The summed E-state index contributed by atoms with van der Waals surface area (Å²) >= 11 is 0. The summed E-state index contributed by atoms with van der Waals surface area (Å²) < 4.78 is 26.3. The molecule has 0 aliphatic heterocycles. The molecule has 4 nitrogen and oxygen atoms in total. The van der Waals surface area contributed by atoms with Crippen LogP contribution in [0.15, 0.2) is 18.2 Å². The number of carbonyl (C=O) groups is 2. The molecule has 1 aromatic rings. The monoisotopic (exact) mass is 256 g/mol. The predicted molar refractivity (Wildman–Crippen MR) is 62.0 cm³/mol. The molecule has 1 N–H and O–H groups in total. The average molecular weight is 256 g/mol. The van der Waals surface area contributed by atoms with E-state index in [2.05, 4.69) is 5.32 Å². The van der Waals surface area contributed by atoms with Gasteiger partial charge in [0.15, 0.2) is 11.6 Å². The van der Waals surface area contributed by atoms with Gasteiger partial charge in [-0.25, -0.2) is 8.78 Å². The summed E-state index contributed by atoms with van der Waals surface area (Å²) in [6.07, 6.45) is 0.107. The van der Waals surface area contributed by atoms with Crippen molar-refractivity contribution in [1.82, 2.24) is 10.2 Å². The maximum absolute atomic E-state index is 13.4. The fraction of sp³-hybridized carbons (Fsp3) is 0.333. The van der Waals surface area contributed by atoms with Gasteiger partial charge in [-0.05, 0) is 12.1 Å². The van der Waals surface area contributed by atoms with Crippen LogP contribution in [-0.4, -0.2) is 37.4 Å². The lowest BCUT2D eigenvalue weighted by Crippen LogP contribution is -2.32. The number of amides is 2. The topological polar surface area (TPSA) is 49.4 Å². The molecule has 0 aliphatic rings. The van der Waals surface area contributed by atoms with Gasteiger partial charge >= 0.3 is 0 Å². The molecule has 0 atom stereocenters. The highest BCUT2D eigenvalue weighted by Gasteiger charge is 2.18. The Hall–Kier alpha value is -1.98. The van der Waals surface area contributed by atoms with Crippen molar-refractivity contribution in [3.63, 3.8) is 0 Å². The predicted octanol–water partition coefficient (Wildman–Crippen LogP) is 1.17. The number of nitrogens with zero attached hydrogens (tertiary/aromatic N) is 1. The first kappa shape index (κ1) is 14.1. The van der Waals surface area contributed by atoms with Crippen molar-refractivity contribution < 1.29 is 18.4 Å². The van der Waals surface area contributed by atoms with Crippen molar-refractivity contribution in [3.8, 4) is 0 Å². The fourth-order valence-electron chi connectivity index (χ4n) is 1.37. The minimum Gasteiger partial charge on any atom is -0.359 e. The second-order valence-electron chi connectivity index (χ2n) is 3.75. The molecule has 0 unspecified atom stereocenters. The highest BCUT2D eigenvalue weighted by Crippen LogP contribution is 2.13. The molecule has 1 aromatic carbocycles. The van der Waals surface area contributed by atoms with Gasteiger partial charge in [0.1, 0.15) is 0 Å². The number of nitrogens with one attached hydrogen (secondary N) is 1. The lowest BCUT2D eigenvalue weighted by Gasteiger charge is -2.17. The van der Waals surface area contributed by atoms with Crippen molar-refractivity contribution in [2.45, 2.75) is 6.42 Å². The zero-order valence-electron chi connectivity index (χ0n) is 10.2. The number of rotatable bonds is 4. The van der Waals surface area contributed by atoms with Gasteiger partial charge in [0.2, 0.25) is 5.91 Å². The molecule has 0 bridgehead atoms. The van der Waals surface area contributed by atoms with E-state index in [4.69, 9.17) is 0 Å². The molecular formula is C12H14F2N2O2. The van der Waals surface area contributed by atoms with Crippen LogP contribution in [0.2, 0.25) is 0 Å². The van der Waals surface area contributed by atoms with E-state index >= 15 is 0 Å². The van der Waals surface area contributed by atoms with Crippen LogP contribution in [0.3, 0.4) is 0 Å². The van der Waals surface area contributed by atoms with Gasteiger partial charge in [0, 0.05) is 27.1 Å². The molecule has 0 aromatic heterocycles. The molecule has 98 valence electrons. The first-order chi connectivity index (χ1) is 8.47. The van der Waals surface area contributed by atoms with E-state index in [1.165, 1.54) is 31.1 Å². The zero-order chi connectivity index (χ0) is 13.7. The minimum atomic E-state index is -1.17.